The van der Waals surface area contributed by atoms with Gasteiger partial charge in [-0.3, -0.25) is 0 Å². The molecule has 9 rings (SSSR count). The second kappa shape index (κ2) is 10.2. The first-order valence-electron chi connectivity index (χ1n) is 18.0. The van der Waals surface area contributed by atoms with Crippen molar-refractivity contribution in [1.82, 2.24) is 15.0 Å². The van der Waals surface area contributed by atoms with E-state index in [1.54, 1.807) is 24.3 Å². The molecule has 0 N–H and O–H groups in total. The van der Waals surface area contributed by atoms with E-state index in [-0.39, 0.29) is 28.4 Å². The van der Waals surface area contributed by atoms with Gasteiger partial charge in [-0.2, -0.15) is 0 Å². The molecule has 45 heavy (non-hydrogen) atoms. The van der Waals surface area contributed by atoms with Crippen molar-refractivity contribution in [2.24, 2.45) is 0 Å². The molecule has 0 saturated heterocycles. The van der Waals surface area contributed by atoms with Crippen LogP contribution in [0.4, 0.5) is 0 Å². The maximum atomic E-state index is 8.78. The smallest absolute Gasteiger partial charge is 0.164 e. The highest BCUT2D eigenvalue weighted by Gasteiger charge is 2.18. The Morgan fingerprint density at radius 2 is 1.13 bits per heavy atom. The van der Waals surface area contributed by atoms with E-state index in [4.69, 9.17) is 29.0 Å². The number of hydrogen-bond donors (Lipinski definition) is 0. The predicted octanol–water partition coefficient (Wildman–Crippen LogP) is 10.7. The SMILES string of the molecule is [2H]c1c([2H])c([2H])c2c(-c3ccc(-c4nc(-c5ccc6ccccc6c5)nc(-c5cccc6oc7ccccc7c56)n4)cc3)c([2H])c([2H])c([2H])c2c1[2H]. The Bertz CT molecular complexity index is 2930. The lowest BCUT2D eigenvalue weighted by Gasteiger charge is -2.11. The number of hydrogen-bond acceptors (Lipinski definition) is 4. The summed E-state index contributed by atoms with van der Waals surface area (Å²) in [6, 6.07) is 31.9. The van der Waals surface area contributed by atoms with Crippen LogP contribution < -0.4 is 0 Å². The Morgan fingerprint density at radius 1 is 0.444 bits per heavy atom. The molecule has 0 spiro atoms. The summed E-state index contributed by atoms with van der Waals surface area (Å²) in [6.45, 7) is 0. The molecule has 2 heterocycles. The molecule has 0 aliphatic carbocycles. The van der Waals surface area contributed by atoms with Gasteiger partial charge in [-0.15, -0.1) is 0 Å². The van der Waals surface area contributed by atoms with Crippen molar-refractivity contribution in [3.05, 3.63) is 151 Å². The van der Waals surface area contributed by atoms with E-state index < -0.39 is 30.2 Å². The van der Waals surface area contributed by atoms with Crippen molar-refractivity contribution in [2.75, 3.05) is 0 Å². The second-order valence-corrected chi connectivity index (χ2v) is 10.7. The summed E-state index contributed by atoms with van der Waals surface area (Å²) < 4.78 is 65.5. The maximum absolute atomic E-state index is 8.78. The Balaban J connectivity index is 1.25. The lowest BCUT2D eigenvalue weighted by Crippen LogP contribution is -2.00. The molecule has 2 aromatic heterocycles. The summed E-state index contributed by atoms with van der Waals surface area (Å²) >= 11 is 0. The van der Waals surface area contributed by atoms with E-state index in [1.807, 2.05) is 84.9 Å². The van der Waals surface area contributed by atoms with E-state index in [1.165, 1.54) is 0 Å². The third-order valence-corrected chi connectivity index (χ3v) is 8.03. The highest BCUT2D eigenvalue weighted by molar-refractivity contribution is 6.11. The zero-order valence-electron chi connectivity index (χ0n) is 30.6. The van der Waals surface area contributed by atoms with Gasteiger partial charge in [0.15, 0.2) is 17.5 Å². The number of aromatic nitrogens is 3. The predicted molar refractivity (Wildman–Crippen MR) is 184 cm³/mol. The third kappa shape index (κ3) is 4.35. The van der Waals surface area contributed by atoms with E-state index in [0.717, 1.165) is 38.3 Å². The molecular formula is C41H25N3O. The number of para-hydroxylation sites is 1. The van der Waals surface area contributed by atoms with Crippen molar-refractivity contribution >= 4 is 43.5 Å². The van der Waals surface area contributed by atoms with Crippen molar-refractivity contribution in [2.45, 2.75) is 0 Å². The van der Waals surface area contributed by atoms with Crippen LogP contribution in [0.25, 0.3) is 88.8 Å². The normalized spacial score (nSPS) is 13.7. The Kier molecular flexibility index (Phi) is 4.38. The summed E-state index contributed by atoms with van der Waals surface area (Å²) in [5.74, 6) is 1.32. The van der Waals surface area contributed by atoms with Crippen LogP contribution in [-0.2, 0) is 0 Å². The topological polar surface area (TPSA) is 51.8 Å². The standard InChI is InChI=1S/C41H25N3O/c1-2-11-30-25-31(24-19-26(30)9-1)40-42-39(29-22-20-28(21-23-29)33-15-7-12-27-10-3-4-13-32(27)33)43-41(44-40)35-16-8-18-37-38(35)34-14-5-6-17-36(34)45-37/h1-25H/i3D,4D,7D,10D,12D,13D,15D. The molecule has 0 aliphatic rings. The monoisotopic (exact) mass is 582 g/mol. The molecular weight excluding hydrogens is 550 g/mol. The number of benzene rings is 7. The van der Waals surface area contributed by atoms with Gasteiger partial charge in [-0.1, -0.05) is 133 Å². The van der Waals surface area contributed by atoms with Crippen molar-refractivity contribution < 1.29 is 14.0 Å². The number of nitrogens with zero attached hydrogens (tertiary/aromatic N) is 3. The summed E-state index contributed by atoms with van der Waals surface area (Å²) in [5, 5.41) is 3.90. The first kappa shape index (κ1) is 19.2. The molecule has 0 aliphatic heterocycles. The van der Waals surface area contributed by atoms with Crippen LogP contribution in [0.3, 0.4) is 0 Å². The number of rotatable bonds is 4. The van der Waals surface area contributed by atoms with Crippen LogP contribution in [0, 0.1) is 0 Å². The van der Waals surface area contributed by atoms with Gasteiger partial charge in [-0.05, 0) is 50.9 Å². The average Bonchev–Trinajstić information content (AvgIpc) is 3.57. The Labute approximate surface area is 269 Å². The van der Waals surface area contributed by atoms with Crippen LogP contribution in [0.1, 0.15) is 9.60 Å². The summed E-state index contributed by atoms with van der Waals surface area (Å²) in [5.41, 5.74) is 4.30. The molecule has 4 nitrogen and oxygen atoms in total. The largest absolute Gasteiger partial charge is 0.456 e. The van der Waals surface area contributed by atoms with Gasteiger partial charge in [0.25, 0.3) is 0 Å². The van der Waals surface area contributed by atoms with Gasteiger partial charge >= 0.3 is 0 Å². The summed E-state index contributed by atoms with van der Waals surface area (Å²) in [4.78, 5) is 14.9. The van der Waals surface area contributed by atoms with E-state index >= 15 is 0 Å². The molecule has 7 aromatic carbocycles. The molecule has 9 aromatic rings. The van der Waals surface area contributed by atoms with Gasteiger partial charge in [-0.25, -0.2) is 15.0 Å². The minimum absolute atomic E-state index is 0.0335. The highest BCUT2D eigenvalue weighted by Crippen LogP contribution is 2.37. The molecule has 0 bridgehead atoms. The van der Waals surface area contributed by atoms with Crippen LogP contribution >= 0.6 is 0 Å². The molecule has 210 valence electrons. The Morgan fingerprint density at radius 3 is 2.04 bits per heavy atom. The maximum Gasteiger partial charge on any atom is 0.164 e. The van der Waals surface area contributed by atoms with Gasteiger partial charge < -0.3 is 4.42 Å². The van der Waals surface area contributed by atoms with Crippen molar-refractivity contribution in [3.8, 4) is 45.3 Å². The Hall–Kier alpha value is -6.13. The average molecular weight is 583 g/mol. The first-order chi connectivity index (χ1) is 25.2. The first-order valence-corrected chi connectivity index (χ1v) is 14.5. The number of fused-ring (bicyclic) bond motifs is 5. The molecule has 4 heteroatoms. The van der Waals surface area contributed by atoms with Gasteiger partial charge in [0.2, 0.25) is 0 Å². The quantitative estimate of drug-likeness (QED) is 0.207. The van der Waals surface area contributed by atoms with Crippen molar-refractivity contribution in [3.63, 3.8) is 0 Å². The molecule has 0 saturated carbocycles. The summed E-state index contributed by atoms with van der Waals surface area (Å²) in [6.07, 6.45) is 0. The minimum Gasteiger partial charge on any atom is -0.456 e. The fourth-order valence-corrected chi connectivity index (χ4v) is 5.86. The van der Waals surface area contributed by atoms with E-state index in [2.05, 4.69) is 0 Å². The molecule has 0 atom stereocenters. The second-order valence-electron chi connectivity index (χ2n) is 10.7. The zero-order chi connectivity index (χ0) is 35.8. The van der Waals surface area contributed by atoms with Gasteiger partial charge in [0.1, 0.15) is 11.2 Å². The highest BCUT2D eigenvalue weighted by atomic mass is 16.3. The molecule has 0 unspecified atom stereocenters. The van der Waals surface area contributed by atoms with Gasteiger partial charge in [0, 0.05) is 27.5 Å². The zero-order valence-corrected chi connectivity index (χ0v) is 23.6. The lowest BCUT2D eigenvalue weighted by atomic mass is 9.97. The van der Waals surface area contributed by atoms with Crippen LogP contribution in [-0.4, -0.2) is 15.0 Å². The third-order valence-electron chi connectivity index (χ3n) is 8.03. The number of furan rings is 1. The lowest BCUT2D eigenvalue weighted by molar-refractivity contribution is 0.669. The fraction of sp³-hybridized carbons (Fsp3) is 0. The van der Waals surface area contributed by atoms with Gasteiger partial charge in [0.05, 0.1) is 9.60 Å². The van der Waals surface area contributed by atoms with Crippen LogP contribution in [0.5, 0.6) is 0 Å². The van der Waals surface area contributed by atoms with E-state index in [9.17, 15) is 0 Å². The fourth-order valence-electron chi connectivity index (χ4n) is 5.86. The van der Waals surface area contributed by atoms with E-state index in [0.29, 0.717) is 34.2 Å². The molecule has 0 amide bonds. The summed E-state index contributed by atoms with van der Waals surface area (Å²) in [7, 11) is 0. The van der Waals surface area contributed by atoms with Crippen molar-refractivity contribution in [1.29, 1.82) is 0 Å². The molecule has 0 radical (unpaired) electrons. The van der Waals surface area contributed by atoms with Crippen LogP contribution in [0.15, 0.2) is 156 Å². The van der Waals surface area contributed by atoms with Crippen LogP contribution in [0.2, 0.25) is 0 Å². The minimum atomic E-state index is -0.489. The molecule has 0 fully saturated rings.